The van der Waals surface area contributed by atoms with Gasteiger partial charge in [-0.05, 0) is 71.6 Å². The van der Waals surface area contributed by atoms with Gasteiger partial charge in [0.15, 0.2) is 11.6 Å². The molecule has 2 aliphatic rings. The number of carbonyl (C=O) groups is 5. The number of hydrogen-bond acceptors (Lipinski definition) is 6. The van der Waals surface area contributed by atoms with E-state index in [1.54, 1.807) is 17.1 Å². The molecule has 0 aromatic rings. The van der Waals surface area contributed by atoms with Crippen molar-refractivity contribution in [3.63, 3.8) is 0 Å². The van der Waals surface area contributed by atoms with E-state index in [4.69, 9.17) is 4.74 Å². The van der Waals surface area contributed by atoms with Gasteiger partial charge in [-0.1, -0.05) is 31.4 Å². The van der Waals surface area contributed by atoms with E-state index in [2.05, 4.69) is 13.2 Å². The van der Waals surface area contributed by atoms with Crippen LogP contribution >= 0.6 is 0 Å². The summed E-state index contributed by atoms with van der Waals surface area (Å²) in [4.78, 5) is 67.1. The molecular weight excluding hydrogens is 482 g/mol. The highest BCUT2D eigenvalue weighted by Crippen LogP contribution is 2.35. The summed E-state index contributed by atoms with van der Waals surface area (Å²) >= 11 is 0. The maximum atomic E-state index is 13.9. The third-order valence-electron chi connectivity index (χ3n) is 7.64. The third-order valence-corrected chi connectivity index (χ3v) is 7.64. The zero-order valence-corrected chi connectivity index (χ0v) is 23.7. The average molecular weight is 530 g/mol. The van der Waals surface area contributed by atoms with Crippen LogP contribution in [0.4, 0.5) is 0 Å². The Kier molecular flexibility index (Phi) is 12.6. The van der Waals surface area contributed by atoms with Crippen molar-refractivity contribution in [2.75, 3.05) is 6.54 Å². The molecule has 1 heterocycles. The second kappa shape index (κ2) is 15.1. The standard InChI is InChI=1S/C31H47NO6/c1-6-8-14-23(29(36)26(33)18-9-7-2)20-27(34)25-17-13-19-32(25)30(37)24(22-15-11-10-12-16-22)21-28(35)38-31(3,4)5/h6-7,22-25H,1-2,8-21H2,3-5H3/t23?,24-,25-/m0/s1. The topological polar surface area (TPSA) is 97.8 Å². The summed E-state index contributed by atoms with van der Waals surface area (Å²) in [6, 6.07) is -0.630. The quantitative estimate of drug-likeness (QED) is 0.157. The number of Topliss-reactive ketones (excluding diaryl/α,β-unsaturated/α-hetero) is 3. The lowest BCUT2D eigenvalue weighted by atomic mass is 9.77. The molecule has 1 aliphatic carbocycles. The lowest BCUT2D eigenvalue weighted by Crippen LogP contribution is -2.47. The van der Waals surface area contributed by atoms with E-state index in [0.29, 0.717) is 38.6 Å². The van der Waals surface area contributed by atoms with E-state index in [0.717, 1.165) is 32.1 Å². The van der Waals surface area contributed by atoms with Crippen molar-refractivity contribution in [3.05, 3.63) is 25.3 Å². The van der Waals surface area contributed by atoms with Crippen molar-refractivity contribution < 1.29 is 28.7 Å². The number of carbonyl (C=O) groups excluding carboxylic acids is 5. The van der Waals surface area contributed by atoms with E-state index in [1.165, 1.54) is 0 Å². The van der Waals surface area contributed by atoms with Gasteiger partial charge in [0.2, 0.25) is 11.7 Å². The first kappa shape index (κ1) is 31.6. The predicted molar refractivity (Wildman–Crippen MR) is 147 cm³/mol. The number of esters is 1. The number of likely N-dealkylation sites (tertiary alicyclic amines) is 1. The van der Waals surface area contributed by atoms with Crippen molar-refractivity contribution in [1.82, 2.24) is 4.90 Å². The fourth-order valence-electron chi connectivity index (χ4n) is 5.74. The van der Waals surface area contributed by atoms with E-state index < -0.39 is 41.0 Å². The normalized spacial score (nSPS) is 19.9. The van der Waals surface area contributed by atoms with Gasteiger partial charge in [-0.2, -0.15) is 0 Å². The fourth-order valence-corrected chi connectivity index (χ4v) is 5.74. The van der Waals surface area contributed by atoms with Gasteiger partial charge in [0.25, 0.3) is 0 Å². The zero-order chi connectivity index (χ0) is 28.3. The van der Waals surface area contributed by atoms with Crippen LogP contribution in [0.2, 0.25) is 0 Å². The Labute approximate surface area is 228 Å². The number of rotatable bonds is 15. The Morgan fingerprint density at radius 1 is 0.921 bits per heavy atom. The van der Waals surface area contributed by atoms with Gasteiger partial charge in [0, 0.05) is 25.3 Å². The van der Waals surface area contributed by atoms with Crippen molar-refractivity contribution in [2.24, 2.45) is 17.8 Å². The lowest BCUT2D eigenvalue weighted by molar-refractivity contribution is -0.160. The van der Waals surface area contributed by atoms with Crippen LogP contribution in [0.1, 0.15) is 104 Å². The molecule has 2 fully saturated rings. The molecule has 0 N–H and O–H groups in total. The number of hydrogen-bond donors (Lipinski definition) is 0. The van der Waals surface area contributed by atoms with Crippen molar-refractivity contribution in [1.29, 1.82) is 0 Å². The minimum absolute atomic E-state index is 0.0103. The first-order valence-electron chi connectivity index (χ1n) is 14.3. The Morgan fingerprint density at radius 2 is 1.58 bits per heavy atom. The molecule has 38 heavy (non-hydrogen) atoms. The molecule has 2 rings (SSSR count). The SMILES string of the molecule is C=CCCC(=O)C(=O)C(CCC=C)CC(=O)[C@@H]1CCCN1C(=O)[C@@H](CC(=O)OC(C)(C)C)C1CCCCC1. The van der Waals surface area contributed by atoms with Crippen molar-refractivity contribution in [3.8, 4) is 0 Å². The smallest absolute Gasteiger partial charge is 0.307 e. The van der Waals surface area contributed by atoms with Gasteiger partial charge < -0.3 is 9.64 Å². The molecule has 0 aromatic carbocycles. The Morgan fingerprint density at radius 3 is 2.18 bits per heavy atom. The highest BCUT2D eigenvalue weighted by Gasteiger charge is 2.42. The molecule has 3 atom stereocenters. The summed E-state index contributed by atoms with van der Waals surface area (Å²) in [5.41, 5.74) is -0.639. The zero-order valence-electron chi connectivity index (χ0n) is 23.7. The highest BCUT2D eigenvalue weighted by molar-refractivity contribution is 6.38. The fraction of sp³-hybridized carbons (Fsp3) is 0.710. The number of amides is 1. The van der Waals surface area contributed by atoms with E-state index in [-0.39, 0.29) is 36.9 Å². The molecule has 1 amide bonds. The maximum absolute atomic E-state index is 13.9. The van der Waals surface area contributed by atoms with Crippen LogP contribution in [-0.2, 0) is 28.7 Å². The monoisotopic (exact) mass is 529 g/mol. The number of ether oxygens (including phenoxy) is 1. The van der Waals surface area contributed by atoms with Crippen LogP contribution in [0.25, 0.3) is 0 Å². The van der Waals surface area contributed by atoms with Gasteiger partial charge in [0.1, 0.15) is 5.60 Å². The van der Waals surface area contributed by atoms with Crippen LogP contribution in [0, 0.1) is 17.8 Å². The summed E-state index contributed by atoms with van der Waals surface area (Å²) in [7, 11) is 0. The first-order chi connectivity index (χ1) is 18.0. The molecule has 212 valence electrons. The summed E-state index contributed by atoms with van der Waals surface area (Å²) in [6.45, 7) is 13.2. The van der Waals surface area contributed by atoms with Gasteiger partial charge in [-0.15, -0.1) is 13.2 Å². The van der Waals surface area contributed by atoms with Crippen LogP contribution in [0.5, 0.6) is 0 Å². The van der Waals surface area contributed by atoms with E-state index in [9.17, 15) is 24.0 Å². The highest BCUT2D eigenvalue weighted by atomic mass is 16.6. The minimum Gasteiger partial charge on any atom is -0.460 e. The lowest BCUT2D eigenvalue weighted by Gasteiger charge is -2.34. The molecule has 1 aliphatic heterocycles. The van der Waals surface area contributed by atoms with Gasteiger partial charge >= 0.3 is 5.97 Å². The number of nitrogens with zero attached hydrogens (tertiary/aromatic N) is 1. The largest absolute Gasteiger partial charge is 0.460 e. The van der Waals surface area contributed by atoms with Gasteiger partial charge in [-0.3, -0.25) is 24.0 Å². The Bertz CT molecular complexity index is 879. The number of allylic oxidation sites excluding steroid dienone is 2. The average Bonchev–Trinajstić information content (AvgIpc) is 3.37. The van der Waals surface area contributed by atoms with E-state index >= 15 is 0 Å². The molecule has 1 saturated carbocycles. The summed E-state index contributed by atoms with van der Waals surface area (Å²) in [5.74, 6) is -2.89. The third kappa shape index (κ3) is 9.63. The molecule has 7 nitrogen and oxygen atoms in total. The first-order valence-corrected chi connectivity index (χ1v) is 14.3. The van der Waals surface area contributed by atoms with Crippen LogP contribution in [0.15, 0.2) is 25.3 Å². The maximum Gasteiger partial charge on any atom is 0.307 e. The molecule has 0 aromatic heterocycles. The predicted octanol–water partition coefficient (Wildman–Crippen LogP) is 5.55. The van der Waals surface area contributed by atoms with Crippen LogP contribution < -0.4 is 0 Å². The van der Waals surface area contributed by atoms with Gasteiger partial charge in [0.05, 0.1) is 18.4 Å². The Balaban J connectivity index is 2.19. The van der Waals surface area contributed by atoms with Gasteiger partial charge in [-0.25, -0.2) is 0 Å². The van der Waals surface area contributed by atoms with Crippen LogP contribution in [-0.4, -0.2) is 52.3 Å². The molecule has 1 saturated heterocycles. The molecule has 0 spiro atoms. The van der Waals surface area contributed by atoms with Crippen molar-refractivity contribution >= 4 is 29.2 Å². The van der Waals surface area contributed by atoms with E-state index in [1.807, 2.05) is 20.8 Å². The van der Waals surface area contributed by atoms with Crippen LogP contribution in [0.3, 0.4) is 0 Å². The second-order valence-corrected chi connectivity index (χ2v) is 11.8. The molecule has 1 unspecified atom stereocenters. The molecule has 0 bridgehead atoms. The second-order valence-electron chi connectivity index (χ2n) is 11.8. The summed E-state index contributed by atoms with van der Waals surface area (Å²) < 4.78 is 5.55. The Hall–Kier alpha value is -2.57. The molecular formula is C31H47NO6. The minimum atomic E-state index is -0.716. The molecule has 0 radical (unpaired) electrons. The van der Waals surface area contributed by atoms with Crippen molar-refractivity contribution in [2.45, 2.75) is 116 Å². The summed E-state index contributed by atoms with van der Waals surface area (Å²) in [5, 5.41) is 0. The number of ketones is 3. The molecule has 7 heteroatoms. The summed E-state index contributed by atoms with van der Waals surface area (Å²) in [6.07, 6.45) is 10.8.